The quantitative estimate of drug-likeness (QED) is 0.750. The van der Waals surface area contributed by atoms with Gasteiger partial charge in [-0.15, -0.1) is 11.3 Å². The van der Waals surface area contributed by atoms with Crippen LogP contribution in [0.5, 0.6) is 0 Å². The minimum Gasteiger partial charge on any atom is -0.459 e. The first kappa shape index (κ1) is 18.5. The fourth-order valence-corrected chi connectivity index (χ4v) is 3.66. The summed E-state index contributed by atoms with van der Waals surface area (Å²) < 4.78 is 18.3. The van der Waals surface area contributed by atoms with E-state index >= 15 is 0 Å². The monoisotopic (exact) mass is 376 g/mol. The normalized spacial score (nSPS) is 15.1. The van der Waals surface area contributed by atoms with Crippen molar-refractivity contribution in [1.29, 1.82) is 0 Å². The summed E-state index contributed by atoms with van der Waals surface area (Å²) in [4.78, 5) is 30.7. The molecule has 0 atom stereocenters. The highest BCUT2D eigenvalue weighted by Gasteiger charge is 2.29. The summed E-state index contributed by atoms with van der Waals surface area (Å²) in [6.07, 6.45) is 2.02. The van der Waals surface area contributed by atoms with Crippen LogP contribution < -0.4 is 0 Å². The number of nitrogens with zero attached hydrogens (tertiary/aromatic N) is 2. The number of aromatic nitrogens is 1. The van der Waals surface area contributed by atoms with Crippen molar-refractivity contribution in [3.05, 3.63) is 51.7 Å². The number of aryl methyl sites for hydroxylation is 1. The van der Waals surface area contributed by atoms with E-state index in [2.05, 4.69) is 4.98 Å². The average molecular weight is 376 g/mol. The third kappa shape index (κ3) is 4.46. The summed E-state index contributed by atoms with van der Waals surface area (Å²) in [6, 6.07) is 5.52. The highest BCUT2D eigenvalue weighted by Crippen LogP contribution is 2.21. The molecule has 2 heterocycles. The smallest absolute Gasteiger partial charge is 0.309 e. The van der Waals surface area contributed by atoms with Crippen LogP contribution in [0.3, 0.4) is 0 Å². The average Bonchev–Trinajstić information content (AvgIpc) is 3.14. The van der Waals surface area contributed by atoms with E-state index < -0.39 is 0 Å². The summed E-state index contributed by atoms with van der Waals surface area (Å²) in [5.41, 5.74) is 1.24. The van der Waals surface area contributed by atoms with Gasteiger partial charge >= 0.3 is 5.97 Å². The van der Waals surface area contributed by atoms with Gasteiger partial charge in [-0.05, 0) is 43.5 Å². The van der Waals surface area contributed by atoms with E-state index in [9.17, 15) is 14.0 Å². The number of rotatable bonds is 5. The number of benzene rings is 1. The van der Waals surface area contributed by atoms with Crippen LogP contribution >= 0.6 is 11.3 Å². The summed E-state index contributed by atoms with van der Waals surface area (Å²) in [6.45, 7) is 3.22. The zero-order valence-corrected chi connectivity index (χ0v) is 15.4. The minimum atomic E-state index is -0.367. The number of likely N-dealkylation sites (tertiary alicyclic amines) is 1. The highest BCUT2D eigenvalue weighted by molar-refractivity contribution is 7.09. The molecule has 0 N–H and O–H groups in total. The van der Waals surface area contributed by atoms with E-state index in [-0.39, 0.29) is 30.2 Å². The molecule has 1 amide bonds. The number of ether oxygens (including phenoxy) is 1. The molecule has 1 aliphatic rings. The molecular formula is C19H21FN2O3S. The number of amides is 1. The van der Waals surface area contributed by atoms with Gasteiger partial charge in [0.05, 0.1) is 16.6 Å². The molecule has 138 valence electrons. The largest absolute Gasteiger partial charge is 0.459 e. The molecule has 1 aromatic heterocycles. The number of hydrogen-bond donors (Lipinski definition) is 0. The molecule has 1 fully saturated rings. The van der Waals surface area contributed by atoms with Gasteiger partial charge in [-0.25, -0.2) is 9.37 Å². The Hall–Kier alpha value is -2.28. The van der Waals surface area contributed by atoms with Crippen molar-refractivity contribution in [2.75, 3.05) is 13.1 Å². The molecule has 5 nitrogen and oxygen atoms in total. The summed E-state index contributed by atoms with van der Waals surface area (Å²) in [5.74, 6) is -0.929. The van der Waals surface area contributed by atoms with Gasteiger partial charge < -0.3 is 9.64 Å². The second-order valence-corrected chi connectivity index (χ2v) is 7.21. The molecule has 1 aromatic carbocycles. The Morgan fingerprint density at radius 1 is 1.27 bits per heavy atom. The van der Waals surface area contributed by atoms with Crippen LogP contribution in [0.25, 0.3) is 0 Å². The molecule has 0 saturated carbocycles. The van der Waals surface area contributed by atoms with Crippen molar-refractivity contribution in [2.24, 2.45) is 5.92 Å². The van der Waals surface area contributed by atoms with Crippen molar-refractivity contribution < 1.29 is 18.7 Å². The molecule has 1 saturated heterocycles. The number of esters is 1. The maximum atomic E-state index is 13.0. The third-order valence-electron chi connectivity index (χ3n) is 4.47. The van der Waals surface area contributed by atoms with Crippen LogP contribution in [0.2, 0.25) is 0 Å². The van der Waals surface area contributed by atoms with E-state index in [1.807, 2.05) is 12.3 Å². The van der Waals surface area contributed by atoms with Crippen LogP contribution in [0, 0.1) is 11.7 Å². The summed E-state index contributed by atoms with van der Waals surface area (Å²) in [7, 11) is 0. The van der Waals surface area contributed by atoms with Gasteiger partial charge in [0.25, 0.3) is 5.91 Å². The van der Waals surface area contributed by atoms with E-state index in [4.69, 9.17) is 4.74 Å². The van der Waals surface area contributed by atoms with Gasteiger partial charge in [-0.3, -0.25) is 9.59 Å². The molecule has 1 aliphatic heterocycles. The Balaban J connectivity index is 1.47. The van der Waals surface area contributed by atoms with E-state index in [1.165, 1.54) is 24.3 Å². The summed E-state index contributed by atoms with van der Waals surface area (Å²) >= 11 is 1.57. The zero-order valence-electron chi connectivity index (χ0n) is 14.6. The number of hydrogen-bond acceptors (Lipinski definition) is 5. The number of piperidine rings is 1. The minimum absolute atomic E-state index is 0.133. The fraction of sp³-hybridized carbons (Fsp3) is 0.421. The number of carbonyl (C=O) groups is 2. The van der Waals surface area contributed by atoms with Crippen molar-refractivity contribution in [3.63, 3.8) is 0 Å². The van der Waals surface area contributed by atoms with Gasteiger partial charge in [0, 0.05) is 24.0 Å². The Labute approximate surface area is 155 Å². The second kappa shape index (κ2) is 8.40. The number of carbonyl (C=O) groups excluding carboxylic acids is 2. The van der Waals surface area contributed by atoms with E-state index in [1.54, 1.807) is 16.2 Å². The molecule has 26 heavy (non-hydrogen) atoms. The first-order valence-corrected chi connectivity index (χ1v) is 9.59. The van der Waals surface area contributed by atoms with Crippen LogP contribution in [-0.4, -0.2) is 34.8 Å². The lowest BCUT2D eigenvalue weighted by molar-refractivity contribution is -0.151. The molecule has 0 aliphatic carbocycles. The van der Waals surface area contributed by atoms with Gasteiger partial charge in [-0.2, -0.15) is 0 Å². The Bertz CT molecular complexity index is 767. The van der Waals surface area contributed by atoms with E-state index in [0.717, 1.165) is 17.1 Å². The molecule has 7 heteroatoms. The highest BCUT2D eigenvalue weighted by atomic mass is 32.1. The predicted molar refractivity (Wildman–Crippen MR) is 96.3 cm³/mol. The Morgan fingerprint density at radius 3 is 2.58 bits per heavy atom. The zero-order chi connectivity index (χ0) is 18.5. The van der Waals surface area contributed by atoms with Crippen molar-refractivity contribution in [3.8, 4) is 0 Å². The molecule has 0 spiro atoms. The lowest BCUT2D eigenvalue weighted by atomic mass is 9.96. The predicted octanol–water partition coefficient (Wildman–Crippen LogP) is 3.44. The van der Waals surface area contributed by atoms with Crippen LogP contribution in [0.4, 0.5) is 4.39 Å². The topological polar surface area (TPSA) is 59.5 Å². The molecule has 3 rings (SSSR count). The van der Waals surface area contributed by atoms with Gasteiger partial charge in [0.1, 0.15) is 12.4 Å². The first-order valence-electron chi connectivity index (χ1n) is 8.71. The molecule has 2 aromatic rings. The fourth-order valence-electron chi connectivity index (χ4n) is 2.93. The Kier molecular flexibility index (Phi) is 5.98. The van der Waals surface area contributed by atoms with E-state index in [0.29, 0.717) is 31.5 Å². The maximum absolute atomic E-state index is 13.0. The van der Waals surface area contributed by atoms with Crippen molar-refractivity contribution in [1.82, 2.24) is 9.88 Å². The number of thiazole rings is 1. The standard InChI is InChI=1S/C19H21FN2O3S/c1-2-17-21-16(12-26-17)11-25-19(24)14-7-9-22(10-8-14)18(23)13-3-5-15(20)6-4-13/h3-6,12,14H,2,7-11H2,1H3. The third-order valence-corrected chi connectivity index (χ3v) is 5.51. The molecular weight excluding hydrogens is 355 g/mol. The second-order valence-electron chi connectivity index (χ2n) is 6.27. The van der Waals surface area contributed by atoms with Crippen LogP contribution in [-0.2, 0) is 22.6 Å². The van der Waals surface area contributed by atoms with Gasteiger partial charge in [0.2, 0.25) is 0 Å². The molecule has 0 bridgehead atoms. The van der Waals surface area contributed by atoms with Gasteiger partial charge in [0.15, 0.2) is 0 Å². The number of halogens is 1. The lowest BCUT2D eigenvalue weighted by Crippen LogP contribution is -2.40. The Morgan fingerprint density at radius 2 is 1.96 bits per heavy atom. The van der Waals surface area contributed by atoms with Crippen LogP contribution in [0.15, 0.2) is 29.6 Å². The van der Waals surface area contributed by atoms with Crippen molar-refractivity contribution in [2.45, 2.75) is 32.8 Å². The van der Waals surface area contributed by atoms with Gasteiger partial charge in [-0.1, -0.05) is 6.92 Å². The molecule has 0 radical (unpaired) electrons. The molecule has 0 unspecified atom stereocenters. The van der Waals surface area contributed by atoms with Crippen molar-refractivity contribution >= 4 is 23.2 Å². The summed E-state index contributed by atoms with van der Waals surface area (Å²) in [5, 5.41) is 2.94. The maximum Gasteiger partial charge on any atom is 0.309 e. The first-order chi connectivity index (χ1) is 12.6. The lowest BCUT2D eigenvalue weighted by Gasteiger charge is -2.31. The SMILES string of the molecule is CCc1nc(COC(=O)C2CCN(C(=O)c3ccc(F)cc3)CC2)cs1. The van der Waals surface area contributed by atoms with Crippen LogP contribution in [0.1, 0.15) is 40.8 Å².